The van der Waals surface area contributed by atoms with Gasteiger partial charge in [0.15, 0.2) is 23.0 Å². The van der Waals surface area contributed by atoms with Gasteiger partial charge in [-0.25, -0.2) is 4.79 Å². The zero-order valence-corrected chi connectivity index (χ0v) is 17.6. The monoisotopic (exact) mass is 508 g/mol. The van der Waals surface area contributed by atoms with Gasteiger partial charge < -0.3 is 14.2 Å². The smallest absolute Gasteiger partial charge is 0.00506 e. The van der Waals surface area contributed by atoms with E-state index in [1.54, 1.807) is 24.3 Å². The Kier molecular flexibility index (Phi) is 8.00. The van der Waals surface area contributed by atoms with E-state index in [1.807, 2.05) is 48.9 Å². The number of fused-ring (bicyclic) bond motifs is 2. The van der Waals surface area contributed by atoms with Crippen LogP contribution in [0.3, 0.4) is 0 Å². The molecule has 0 amide bonds. The minimum Gasteiger partial charge on any atom is -0.0767 e. The quantitative estimate of drug-likeness (QED) is 0.144. The van der Waals surface area contributed by atoms with Gasteiger partial charge in [0.1, 0.15) is 5.56 Å². The summed E-state index contributed by atoms with van der Waals surface area (Å²) in [5, 5.41) is 0. The van der Waals surface area contributed by atoms with Crippen LogP contribution in [-0.2, 0) is 21.8 Å². The summed E-state index contributed by atoms with van der Waals surface area (Å²) < 4.78 is 75.3. The molecule has 0 spiro atoms. The zero-order chi connectivity index (χ0) is 22.5. The van der Waals surface area contributed by atoms with Crippen molar-refractivity contribution in [3.05, 3.63) is 78.8 Å². The number of carbonyl (C=O) groups excluding carboxylic acids is 1. The van der Waals surface area contributed by atoms with E-state index in [1.165, 1.54) is 7.11 Å². The third-order valence-corrected chi connectivity index (χ3v) is 3.22. The van der Waals surface area contributed by atoms with E-state index < -0.39 is 13.8 Å². The standard InChI is InChI=1S/C14H10O4.C5H5.F6P.Fe/c1-16-14(15)9-5-4-8-12-13(9)18-11-7-3-2-6-10(11)17-12;1-2-4-5-3-1;1-7(2,3,4,5)6;/h2-8H,1H3;1-5H;;/q;;-1;. The molecule has 31 heavy (non-hydrogen) atoms. The van der Waals surface area contributed by atoms with Crippen LogP contribution >= 0.6 is 7.81 Å². The number of para-hydroxylation sites is 3. The minimum atomic E-state index is -10.7. The molecule has 4 nitrogen and oxygen atoms in total. The molecule has 171 valence electrons. The first kappa shape index (κ1) is 26.6. The molecule has 1 aliphatic heterocycles. The van der Waals surface area contributed by atoms with Crippen molar-refractivity contribution in [2.45, 2.75) is 0 Å². The van der Waals surface area contributed by atoms with Crippen LogP contribution in [0.5, 0.6) is 23.0 Å². The van der Waals surface area contributed by atoms with Crippen molar-refractivity contribution in [3.63, 3.8) is 0 Å². The van der Waals surface area contributed by atoms with Gasteiger partial charge in [0, 0.05) is 23.5 Å². The normalized spacial score (nSPS) is 14.8. The summed E-state index contributed by atoms with van der Waals surface area (Å²) in [6, 6.07) is 12.4. The Hall–Kier alpha value is -2.48. The maximum atomic E-state index is 11.6. The van der Waals surface area contributed by atoms with E-state index in [2.05, 4.69) is 0 Å². The molecule has 1 heterocycles. The maximum absolute atomic E-state index is 11.6. The van der Waals surface area contributed by atoms with Gasteiger partial charge >= 0.3 is 39.0 Å². The van der Waals surface area contributed by atoms with Crippen LogP contribution in [0, 0.1) is 6.42 Å². The number of benzene rings is 2. The summed E-state index contributed by atoms with van der Waals surface area (Å²) in [5.74, 6) is 1.67. The molecule has 1 aliphatic carbocycles. The molecule has 0 aromatic heterocycles. The Morgan fingerprint density at radius 2 is 1.26 bits per heavy atom. The second-order valence-corrected chi connectivity index (χ2v) is 7.61. The second-order valence-electron chi connectivity index (χ2n) is 5.70. The minimum absolute atomic E-state index is 0. The van der Waals surface area contributed by atoms with Gasteiger partial charge in [-0.05, 0) is 24.3 Å². The van der Waals surface area contributed by atoms with E-state index >= 15 is 0 Å². The van der Waals surface area contributed by atoms with Crippen molar-refractivity contribution in [2.75, 3.05) is 7.11 Å². The van der Waals surface area contributed by atoms with Gasteiger partial charge in [-0.15, -0.1) is 0 Å². The molecule has 1 radical (unpaired) electrons. The molecule has 2 aromatic rings. The molecule has 0 fully saturated rings. The van der Waals surface area contributed by atoms with E-state index in [0.717, 1.165) is 0 Å². The van der Waals surface area contributed by atoms with Crippen LogP contribution in [0.25, 0.3) is 0 Å². The fourth-order valence-corrected chi connectivity index (χ4v) is 2.14. The largest absolute Gasteiger partial charge is 0.0767 e. The molecule has 12 heteroatoms. The van der Waals surface area contributed by atoms with Crippen molar-refractivity contribution >= 4 is 13.8 Å². The Morgan fingerprint density at radius 1 is 0.774 bits per heavy atom. The fourth-order valence-electron chi connectivity index (χ4n) is 2.14. The summed E-state index contributed by atoms with van der Waals surface area (Å²) in [7, 11) is -9.32. The number of esters is 1. The SMILES string of the molecule is COC(=O)c1cccc2c1Oc1ccccc1O2.F[P-](F)(F)(F)(F)F.[CH]1C=CC=C1.[Fe]. The van der Waals surface area contributed by atoms with Crippen LogP contribution < -0.4 is 9.47 Å². The van der Waals surface area contributed by atoms with Crippen molar-refractivity contribution in [1.82, 2.24) is 0 Å². The molecule has 2 aromatic carbocycles. The van der Waals surface area contributed by atoms with Gasteiger partial charge in [-0.2, -0.15) is 0 Å². The van der Waals surface area contributed by atoms with Crippen LogP contribution in [0.2, 0.25) is 0 Å². The Morgan fingerprint density at radius 3 is 1.71 bits per heavy atom. The van der Waals surface area contributed by atoms with E-state index in [0.29, 0.717) is 28.6 Å². The number of carbonyl (C=O) groups is 1. The van der Waals surface area contributed by atoms with E-state index in [4.69, 9.17) is 14.2 Å². The Balaban J connectivity index is 0.000000307. The second kappa shape index (κ2) is 9.34. The number of hydrogen-bond acceptors (Lipinski definition) is 4. The number of hydrogen-bond donors (Lipinski definition) is 0. The van der Waals surface area contributed by atoms with Crippen molar-refractivity contribution in [1.29, 1.82) is 0 Å². The summed E-state index contributed by atoms with van der Waals surface area (Å²) >= 11 is 0. The van der Waals surface area contributed by atoms with Crippen molar-refractivity contribution in [2.24, 2.45) is 0 Å². The molecule has 2 aliphatic rings. The molecular formula is C19H15F6FeO4P-. The Labute approximate surface area is 184 Å². The topological polar surface area (TPSA) is 44.8 Å². The maximum Gasteiger partial charge on any atom is 0.00506 e. The van der Waals surface area contributed by atoms with Crippen LogP contribution in [0.4, 0.5) is 25.2 Å². The van der Waals surface area contributed by atoms with Crippen LogP contribution in [0.1, 0.15) is 10.4 Å². The van der Waals surface area contributed by atoms with Crippen molar-refractivity contribution < 1.29 is 61.3 Å². The van der Waals surface area contributed by atoms with Crippen molar-refractivity contribution in [3.8, 4) is 23.0 Å². The summed E-state index contributed by atoms with van der Waals surface area (Å²) in [5.41, 5.74) is 0.351. The number of ether oxygens (including phenoxy) is 3. The first-order chi connectivity index (χ1) is 13.7. The number of allylic oxidation sites excluding steroid dienone is 4. The molecular weight excluding hydrogens is 493 g/mol. The first-order valence-electron chi connectivity index (χ1n) is 8.14. The first-order valence-corrected chi connectivity index (χ1v) is 10.2. The zero-order valence-electron chi connectivity index (χ0n) is 15.6. The molecule has 0 atom stereocenters. The number of rotatable bonds is 1. The van der Waals surface area contributed by atoms with Gasteiger partial charge in [-0.3, -0.25) is 0 Å². The fraction of sp³-hybridized carbons (Fsp3) is 0.0526. The third kappa shape index (κ3) is 10.4. The predicted octanol–water partition coefficient (Wildman–Crippen LogP) is 8.07. The molecule has 0 unspecified atom stereocenters. The summed E-state index contributed by atoms with van der Waals surface area (Å²) in [4.78, 5) is 11.6. The number of methoxy groups -OCH3 is 1. The Bertz CT molecular complexity index is 970. The third-order valence-electron chi connectivity index (χ3n) is 3.22. The predicted molar refractivity (Wildman–Crippen MR) is 101 cm³/mol. The summed E-state index contributed by atoms with van der Waals surface area (Å²) in [6.45, 7) is 0. The van der Waals surface area contributed by atoms with Gasteiger partial charge in [0.2, 0.25) is 0 Å². The average Bonchev–Trinajstić information content (AvgIpc) is 3.22. The van der Waals surface area contributed by atoms with Gasteiger partial charge in [-0.1, -0.05) is 42.5 Å². The summed E-state index contributed by atoms with van der Waals surface area (Å²) in [6.07, 6.45) is 10.0. The molecule has 0 saturated heterocycles. The van der Waals surface area contributed by atoms with E-state index in [9.17, 15) is 30.0 Å². The molecule has 0 N–H and O–H groups in total. The average molecular weight is 508 g/mol. The number of halogens is 6. The van der Waals surface area contributed by atoms with E-state index in [-0.39, 0.29) is 17.1 Å². The molecule has 0 bridgehead atoms. The van der Waals surface area contributed by atoms with Crippen LogP contribution in [-0.4, -0.2) is 13.1 Å². The van der Waals surface area contributed by atoms with Crippen LogP contribution in [0.15, 0.2) is 66.8 Å². The molecule has 0 saturated carbocycles. The van der Waals surface area contributed by atoms with Gasteiger partial charge in [0.25, 0.3) is 0 Å². The van der Waals surface area contributed by atoms with Gasteiger partial charge in [0.05, 0.1) is 7.11 Å². The molecule has 4 rings (SSSR count).